The Balaban J connectivity index is 1.68. The van der Waals surface area contributed by atoms with Gasteiger partial charge in [-0.25, -0.2) is 0 Å². The van der Waals surface area contributed by atoms with Gasteiger partial charge in [0.2, 0.25) is 0 Å². The topological polar surface area (TPSA) is 32.3 Å². The quantitative estimate of drug-likeness (QED) is 0.542. The lowest BCUT2D eigenvalue weighted by atomic mass is 9.67. The van der Waals surface area contributed by atoms with Gasteiger partial charge in [0.25, 0.3) is 0 Å². The monoisotopic (exact) mass is 406 g/mol. The Morgan fingerprint density at radius 1 is 1.29 bits per heavy atom. The first kappa shape index (κ1) is 17.7. The number of alkyl halides is 1. The Labute approximate surface area is 143 Å². The average Bonchev–Trinajstić information content (AvgIpc) is 2.43. The van der Waals surface area contributed by atoms with Crippen LogP contribution in [0.2, 0.25) is 0 Å². The fraction of sp³-hybridized carbons (Fsp3) is 0.941. The lowest BCUT2D eigenvalue weighted by Crippen LogP contribution is -2.45. The van der Waals surface area contributed by atoms with E-state index in [-0.39, 0.29) is 0 Å². The minimum Gasteiger partial charge on any atom is -0.314 e. The number of piperidine rings is 1. The molecule has 4 heteroatoms. The molecule has 2 fully saturated rings. The third-order valence-electron chi connectivity index (χ3n) is 5.38. The number of carbonyl (C=O) groups excluding carboxylic acids is 1. The number of halogens is 1. The van der Waals surface area contributed by atoms with Crippen LogP contribution in [-0.4, -0.2) is 46.8 Å². The SMILES string of the molecule is CC(=O)CCNC1CCC2(CC1)CCN(CC(C)I)CC2. The smallest absolute Gasteiger partial charge is 0.131 e. The lowest BCUT2D eigenvalue weighted by Gasteiger charge is -2.46. The summed E-state index contributed by atoms with van der Waals surface area (Å²) in [7, 11) is 0. The van der Waals surface area contributed by atoms with Crippen molar-refractivity contribution in [3.63, 3.8) is 0 Å². The third-order valence-corrected chi connectivity index (χ3v) is 5.78. The Morgan fingerprint density at radius 2 is 1.90 bits per heavy atom. The zero-order valence-electron chi connectivity index (χ0n) is 13.7. The highest BCUT2D eigenvalue weighted by Crippen LogP contribution is 2.44. The summed E-state index contributed by atoms with van der Waals surface area (Å²) in [5.41, 5.74) is 0.643. The van der Waals surface area contributed by atoms with Crippen LogP contribution in [-0.2, 0) is 4.79 Å². The maximum Gasteiger partial charge on any atom is 0.131 e. The molecular weight excluding hydrogens is 375 g/mol. The van der Waals surface area contributed by atoms with Crippen LogP contribution in [0.1, 0.15) is 58.8 Å². The number of hydrogen-bond acceptors (Lipinski definition) is 3. The summed E-state index contributed by atoms with van der Waals surface area (Å²) in [6.45, 7) is 8.72. The third kappa shape index (κ3) is 5.79. The summed E-state index contributed by atoms with van der Waals surface area (Å²) in [5.74, 6) is 0.298. The summed E-state index contributed by atoms with van der Waals surface area (Å²) in [5, 5.41) is 3.58. The maximum atomic E-state index is 11.0. The van der Waals surface area contributed by atoms with Crippen molar-refractivity contribution in [3.8, 4) is 0 Å². The normalized spacial score (nSPS) is 25.1. The molecule has 0 radical (unpaired) electrons. The van der Waals surface area contributed by atoms with Gasteiger partial charge in [-0.1, -0.05) is 29.5 Å². The van der Waals surface area contributed by atoms with Gasteiger partial charge in [0.05, 0.1) is 0 Å². The highest BCUT2D eigenvalue weighted by atomic mass is 127. The zero-order chi connectivity index (χ0) is 15.3. The highest BCUT2D eigenvalue weighted by molar-refractivity contribution is 14.1. The molecule has 0 aromatic carbocycles. The predicted molar refractivity (Wildman–Crippen MR) is 97.1 cm³/mol. The van der Waals surface area contributed by atoms with Crippen molar-refractivity contribution in [3.05, 3.63) is 0 Å². The summed E-state index contributed by atoms with van der Waals surface area (Å²) in [4.78, 5) is 13.6. The standard InChI is InChI=1S/C17H31IN2O/c1-14(18)13-20-11-8-17(9-12-20)6-3-16(4-7-17)19-10-5-15(2)21/h14,16,19H,3-13H2,1-2H3. The first-order chi connectivity index (χ1) is 9.99. The summed E-state index contributed by atoms with van der Waals surface area (Å²) in [6.07, 6.45) is 8.87. The van der Waals surface area contributed by atoms with Crippen molar-refractivity contribution in [2.75, 3.05) is 26.2 Å². The lowest BCUT2D eigenvalue weighted by molar-refractivity contribution is -0.116. The summed E-state index contributed by atoms with van der Waals surface area (Å²) >= 11 is 2.54. The molecule has 0 amide bonds. The van der Waals surface area contributed by atoms with E-state index in [0.717, 1.165) is 10.5 Å². The number of nitrogens with zero attached hydrogens (tertiary/aromatic N) is 1. The molecule has 1 saturated heterocycles. The second kappa shape index (κ2) is 8.25. The van der Waals surface area contributed by atoms with Crippen molar-refractivity contribution >= 4 is 28.4 Å². The molecule has 2 rings (SSSR count). The summed E-state index contributed by atoms with van der Waals surface area (Å²) < 4.78 is 0.762. The maximum absolute atomic E-state index is 11.0. The van der Waals surface area contributed by atoms with Gasteiger partial charge in [-0.2, -0.15) is 0 Å². The van der Waals surface area contributed by atoms with Crippen molar-refractivity contribution in [1.82, 2.24) is 10.2 Å². The highest BCUT2D eigenvalue weighted by Gasteiger charge is 2.37. The van der Waals surface area contributed by atoms with Gasteiger partial charge < -0.3 is 10.2 Å². The van der Waals surface area contributed by atoms with E-state index in [1.165, 1.54) is 58.2 Å². The van der Waals surface area contributed by atoms with Crippen molar-refractivity contribution in [1.29, 1.82) is 0 Å². The van der Waals surface area contributed by atoms with Gasteiger partial charge >= 0.3 is 0 Å². The first-order valence-electron chi connectivity index (χ1n) is 8.58. The molecular formula is C17H31IN2O. The van der Waals surface area contributed by atoms with Crippen molar-refractivity contribution in [2.45, 2.75) is 68.8 Å². The van der Waals surface area contributed by atoms with Crippen LogP contribution < -0.4 is 5.32 Å². The van der Waals surface area contributed by atoms with E-state index in [9.17, 15) is 4.79 Å². The molecule has 1 N–H and O–H groups in total. The van der Waals surface area contributed by atoms with Crippen LogP contribution in [0.25, 0.3) is 0 Å². The molecule has 3 nitrogen and oxygen atoms in total. The number of carbonyl (C=O) groups is 1. The van der Waals surface area contributed by atoms with E-state index in [2.05, 4.69) is 39.7 Å². The van der Waals surface area contributed by atoms with Crippen molar-refractivity contribution < 1.29 is 4.79 Å². The van der Waals surface area contributed by atoms with Crippen LogP contribution in [0.4, 0.5) is 0 Å². The van der Waals surface area contributed by atoms with E-state index < -0.39 is 0 Å². The fourth-order valence-corrected chi connectivity index (χ4v) is 4.51. The summed E-state index contributed by atoms with van der Waals surface area (Å²) in [6, 6.07) is 0.655. The van der Waals surface area contributed by atoms with Crippen LogP contribution in [0.3, 0.4) is 0 Å². The molecule has 122 valence electrons. The van der Waals surface area contributed by atoms with Crippen LogP contribution >= 0.6 is 22.6 Å². The molecule has 2 aliphatic rings. The van der Waals surface area contributed by atoms with E-state index in [4.69, 9.17) is 0 Å². The molecule has 1 unspecified atom stereocenters. The van der Waals surface area contributed by atoms with E-state index in [0.29, 0.717) is 23.7 Å². The molecule has 1 atom stereocenters. The van der Waals surface area contributed by atoms with Gasteiger partial charge in [0, 0.05) is 29.5 Å². The zero-order valence-corrected chi connectivity index (χ0v) is 15.8. The predicted octanol–water partition coefficient (Wildman–Crippen LogP) is 3.40. The largest absolute Gasteiger partial charge is 0.314 e. The Kier molecular flexibility index (Phi) is 6.94. The van der Waals surface area contributed by atoms with Crippen LogP contribution in [0.15, 0.2) is 0 Å². The van der Waals surface area contributed by atoms with Gasteiger partial charge in [0.1, 0.15) is 5.78 Å². The van der Waals surface area contributed by atoms with Gasteiger partial charge in [-0.3, -0.25) is 4.79 Å². The number of rotatable bonds is 6. The van der Waals surface area contributed by atoms with Crippen LogP contribution in [0.5, 0.6) is 0 Å². The molecule has 0 aromatic heterocycles. The fourth-order valence-electron chi connectivity index (χ4n) is 3.95. The van der Waals surface area contributed by atoms with Crippen LogP contribution in [0, 0.1) is 5.41 Å². The molecule has 0 aromatic rings. The van der Waals surface area contributed by atoms with Crippen molar-refractivity contribution in [2.24, 2.45) is 5.41 Å². The minimum absolute atomic E-state index is 0.298. The van der Waals surface area contributed by atoms with E-state index >= 15 is 0 Å². The number of hydrogen-bond donors (Lipinski definition) is 1. The Hall–Kier alpha value is 0.320. The number of likely N-dealkylation sites (tertiary alicyclic amines) is 1. The second-order valence-corrected chi connectivity index (χ2v) is 9.39. The number of Topliss-reactive ketones (excluding diaryl/α,β-unsaturated/α-hetero) is 1. The van der Waals surface area contributed by atoms with Gasteiger partial charge in [-0.05, 0) is 64.0 Å². The molecule has 0 bridgehead atoms. The number of nitrogens with one attached hydrogen (secondary N) is 1. The van der Waals surface area contributed by atoms with E-state index in [1.807, 2.05) is 0 Å². The Morgan fingerprint density at radius 3 is 2.43 bits per heavy atom. The van der Waals surface area contributed by atoms with Gasteiger partial charge in [-0.15, -0.1) is 0 Å². The first-order valence-corrected chi connectivity index (χ1v) is 9.83. The Bertz CT molecular complexity index is 328. The minimum atomic E-state index is 0.298. The molecule has 1 aliphatic heterocycles. The molecule has 21 heavy (non-hydrogen) atoms. The molecule has 1 aliphatic carbocycles. The second-order valence-electron chi connectivity index (χ2n) is 7.26. The average molecular weight is 406 g/mol. The van der Waals surface area contributed by atoms with Gasteiger partial charge in [0.15, 0.2) is 0 Å². The molecule has 1 saturated carbocycles. The van der Waals surface area contributed by atoms with E-state index in [1.54, 1.807) is 6.92 Å². The molecule has 1 heterocycles. The molecule has 1 spiro atoms. The number of ketones is 1.